The van der Waals surface area contributed by atoms with Crippen molar-refractivity contribution in [3.8, 4) is 0 Å². The van der Waals surface area contributed by atoms with Crippen LogP contribution in [0, 0.1) is 0 Å². The number of alkyl halides is 3. The number of carbonyl (C=O) groups excluding carboxylic acids is 1. The first-order valence-electron chi connectivity index (χ1n) is 2.02. The van der Waals surface area contributed by atoms with Crippen LogP contribution in [0.5, 0.6) is 0 Å². The van der Waals surface area contributed by atoms with Gasteiger partial charge in [0.2, 0.25) is 0 Å². The third kappa shape index (κ3) is 5.41. The van der Waals surface area contributed by atoms with Gasteiger partial charge in [-0.2, -0.15) is 0 Å². The Balaban J connectivity index is 3.80. The molecule has 10 heavy (non-hydrogen) atoms. The lowest BCUT2D eigenvalue weighted by Gasteiger charge is -2.15. The molecule has 0 saturated heterocycles. The van der Waals surface area contributed by atoms with Crippen molar-refractivity contribution in [2.75, 3.05) is 7.05 Å². The van der Waals surface area contributed by atoms with E-state index in [1.54, 1.807) is 0 Å². The first kappa shape index (κ1) is 10.6. The summed E-state index contributed by atoms with van der Waals surface area (Å²) in [4.78, 5) is 9.88. The lowest BCUT2D eigenvalue weighted by molar-refractivity contribution is 0.209. The van der Waals surface area contributed by atoms with Gasteiger partial charge in [-0.25, -0.2) is 4.79 Å². The van der Waals surface area contributed by atoms with E-state index in [0.717, 1.165) is 7.05 Å². The molecular weight excluding hydrogens is 223 g/mol. The maximum atomic E-state index is 11.7. The summed E-state index contributed by atoms with van der Waals surface area (Å²) in [6, 6.07) is 0. The summed E-state index contributed by atoms with van der Waals surface area (Å²) in [5.74, 6) is 0. The van der Waals surface area contributed by atoms with Crippen LogP contribution in [-0.4, -0.2) is 20.6 Å². The molecule has 0 aromatic carbocycles. The second-order valence-corrected chi connectivity index (χ2v) is 5.58. The highest BCUT2D eigenvalue weighted by molar-refractivity contribution is 8.03. The highest BCUT2D eigenvalue weighted by Crippen LogP contribution is 2.40. The van der Waals surface area contributed by atoms with Crippen molar-refractivity contribution in [2.45, 2.75) is 3.12 Å². The molecule has 0 aliphatic rings. The normalized spacial score (nSPS) is 11.3. The summed E-state index contributed by atoms with van der Waals surface area (Å²) in [5, 5.41) is 0. The van der Waals surface area contributed by atoms with E-state index in [0.29, 0.717) is 16.3 Å². The van der Waals surface area contributed by atoms with Gasteiger partial charge in [-0.3, -0.25) is 4.31 Å². The quantitative estimate of drug-likeness (QED) is 0.296. The van der Waals surface area contributed by atoms with E-state index in [1.165, 1.54) is 0 Å². The van der Waals surface area contributed by atoms with Gasteiger partial charge in [0.25, 0.3) is 3.12 Å². The number of hydrogen-bond donors (Lipinski definition) is 0. The minimum atomic E-state index is -1.70. The minimum absolute atomic E-state index is 0.470. The molecule has 0 rings (SSSR count). The van der Waals surface area contributed by atoms with Crippen molar-refractivity contribution in [2.24, 2.45) is 0 Å². The van der Waals surface area contributed by atoms with Crippen molar-refractivity contribution >= 4 is 52.9 Å². The number of hydrogen-bond acceptors (Lipinski definition) is 2. The summed E-state index contributed by atoms with van der Waals surface area (Å²) in [5.41, 5.74) is 0. The fourth-order valence-corrected chi connectivity index (χ4v) is 1.51. The Hall–Kier alpha value is 0.620. The molecule has 0 spiro atoms. The molecule has 0 aromatic rings. The molecule has 0 aliphatic carbocycles. The van der Waals surface area contributed by atoms with Gasteiger partial charge in [-0.05, 0) is 0 Å². The number of carbonyl (C=O) groups is 1. The van der Waals surface area contributed by atoms with Gasteiger partial charge in [-0.1, -0.05) is 34.8 Å². The Morgan fingerprint density at radius 3 is 2.10 bits per heavy atom. The lowest BCUT2D eigenvalue weighted by atomic mass is 11.2. The fraction of sp³-hybridized carbons (Fsp3) is 0.667. The summed E-state index contributed by atoms with van der Waals surface area (Å²) in [7, 11) is 1.16. The van der Waals surface area contributed by atoms with E-state index in [2.05, 4.69) is 0 Å². The van der Waals surface area contributed by atoms with E-state index in [4.69, 9.17) is 34.8 Å². The number of halogens is 4. The zero-order valence-electron chi connectivity index (χ0n) is 4.78. The average molecular weight is 226 g/mol. The van der Waals surface area contributed by atoms with Crippen molar-refractivity contribution in [1.82, 2.24) is 4.31 Å². The largest absolute Gasteiger partial charge is 0.409 e. The van der Waals surface area contributed by atoms with Gasteiger partial charge in [0, 0.05) is 19.0 Å². The van der Waals surface area contributed by atoms with Gasteiger partial charge in [0.1, 0.15) is 0 Å². The average Bonchev–Trinajstić information content (AvgIpc) is 1.60. The van der Waals surface area contributed by atoms with Crippen LogP contribution in [0.15, 0.2) is 0 Å². The highest BCUT2D eigenvalue weighted by Gasteiger charge is 2.25. The maximum absolute atomic E-state index is 11.7. The second-order valence-electron chi connectivity index (χ2n) is 1.29. The summed E-state index contributed by atoms with van der Waals surface area (Å²) >= 11 is 16.1. The van der Waals surface area contributed by atoms with E-state index in [1.807, 2.05) is 0 Å². The Kier molecular flexibility index (Phi) is 4.09. The number of rotatable bonds is 1. The van der Waals surface area contributed by atoms with E-state index in [-0.39, 0.29) is 0 Å². The standard InChI is InChI=1S/C3H3Cl3FNOS/c1-8(2(7)9)10-3(4,5)6/h1H3. The topological polar surface area (TPSA) is 20.3 Å². The molecule has 0 unspecified atom stereocenters. The molecule has 2 nitrogen and oxygen atoms in total. The van der Waals surface area contributed by atoms with Crippen molar-refractivity contribution in [1.29, 1.82) is 0 Å². The zero-order valence-corrected chi connectivity index (χ0v) is 7.86. The molecule has 60 valence electrons. The molecule has 0 bridgehead atoms. The van der Waals surface area contributed by atoms with Crippen LogP contribution in [-0.2, 0) is 0 Å². The van der Waals surface area contributed by atoms with Crippen molar-refractivity contribution in [3.05, 3.63) is 0 Å². The molecule has 0 aromatic heterocycles. The van der Waals surface area contributed by atoms with E-state index in [9.17, 15) is 9.18 Å². The number of amides is 1. The molecule has 1 amide bonds. The van der Waals surface area contributed by atoms with Gasteiger partial charge in [0.15, 0.2) is 0 Å². The predicted octanol–water partition coefficient (Wildman–Crippen LogP) is 2.98. The van der Waals surface area contributed by atoms with Crippen LogP contribution in [0.3, 0.4) is 0 Å². The molecule has 0 atom stereocenters. The maximum Gasteiger partial charge on any atom is 0.409 e. The van der Waals surface area contributed by atoms with E-state index >= 15 is 0 Å². The van der Waals surface area contributed by atoms with Crippen molar-refractivity contribution < 1.29 is 9.18 Å². The Labute approximate surface area is 76.7 Å². The second kappa shape index (κ2) is 3.85. The first-order chi connectivity index (χ1) is 4.33. The Morgan fingerprint density at radius 1 is 1.60 bits per heavy atom. The molecule has 0 saturated carbocycles. The predicted molar refractivity (Wildman–Crippen MR) is 42.1 cm³/mol. The Morgan fingerprint density at radius 2 is 2.00 bits per heavy atom. The molecule has 0 radical (unpaired) electrons. The molecular formula is C3H3Cl3FNOS. The van der Waals surface area contributed by atoms with Gasteiger partial charge in [0.05, 0.1) is 0 Å². The van der Waals surface area contributed by atoms with Crippen LogP contribution in [0.2, 0.25) is 0 Å². The summed E-state index contributed by atoms with van der Waals surface area (Å²) < 4.78 is 10.6. The van der Waals surface area contributed by atoms with Gasteiger partial charge in [-0.15, -0.1) is 4.39 Å². The molecule has 0 fully saturated rings. The van der Waals surface area contributed by atoms with Crippen LogP contribution in [0.25, 0.3) is 0 Å². The smallest absolute Gasteiger partial charge is 0.257 e. The zero-order chi connectivity index (χ0) is 8.36. The van der Waals surface area contributed by atoms with Crippen LogP contribution in [0.1, 0.15) is 0 Å². The van der Waals surface area contributed by atoms with E-state index < -0.39 is 9.29 Å². The molecule has 7 heteroatoms. The lowest BCUT2D eigenvalue weighted by Crippen LogP contribution is -2.17. The minimum Gasteiger partial charge on any atom is -0.257 e. The summed E-state index contributed by atoms with van der Waals surface area (Å²) in [6.07, 6.45) is -1.66. The Bertz CT molecular complexity index is 138. The SMILES string of the molecule is CN(SC(Cl)(Cl)Cl)C(=O)F. The first-order valence-corrected chi connectivity index (χ1v) is 3.92. The summed E-state index contributed by atoms with van der Waals surface area (Å²) in [6.45, 7) is 0. The van der Waals surface area contributed by atoms with Crippen LogP contribution >= 0.6 is 46.8 Å². The van der Waals surface area contributed by atoms with Gasteiger partial charge < -0.3 is 0 Å². The molecule has 0 aliphatic heterocycles. The highest BCUT2D eigenvalue weighted by atomic mass is 35.6. The molecule has 0 heterocycles. The molecule has 0 N–H and O–H groups in total. The monoisotopic (exact) mass is 225 g/mol. The van der Waals surface area contributed by atoms with Gasteiger partial charge >= 0.3 is 6.16 Å². The third-order valence-electron chi connectivity index (χ3n) is 0.488. The van der Waals surface area contributed by atoms with Crippen LogP contribution in [0.4, 0.5) is 9.18 Å². The fourth-order valence-electron chi connectivity index (χ4n) is 0.191. The van der Waals surface area contributed by atoms with Crippen LogP contribution < -0.4 is 0 Å². The third-order valence-corrected chi connectivity index (χ3v) is 1.73. The number of nitrogens with zero attached hydrogens (tertiary/aromatic N) is 1. The van der Waals surface area contributed by atoms with Crippen molar-refractivity contribution in [3.63, 3.8) is 0 Å².